The van der Waals surface area contributed by atoms with Crippen LogP contribution < -0.4 is 11.5 Å². The van der Waals surface area contributed by atoms with Crippen molar-refractivity contribution in [3.05, 3.63) is 57.3 Å². The van der Waals surface area contributed by atoms with Gasteiger partial charge in [-0.2, -0.15) is 0 Å². The highest BCUT2D eigenvalue weighted by molar-refractivity contribution is 5.47. The molecule has 2 aromatic heterocycles. The largest absolute Gasteiger partial charge is 0.441 e. The first-order chi connectivity index (χ1) is 14.8. The number of hydrogen-bond donors (Lipinski definition) is 1. The number of aromatic nitrogens is 4. The van der Waals surface area contributed by atoms with E-state index in [0.29, 0.717) is 37.8 Å². The Labute approximate surface area is 176 Å². The Kier molecular flexibility index (Phi) is 4.76. The van der Waals surface area contributed by atoms with Crippen LogP contribution in [0.5, 0.6) is 0 Å². The molecule has 0 radical (unpaired) electrons. The summed E-state index contributed by atoms with van der Waals surface area (Å²) in [5.74, 6) is -0.645. The molecule has 5 rings (SSSR count). The zero-order chi connectivity index (χ0) is 21.9. The second-order valence-corrected chi connectivity index (χ2v) is 8.10. The molecule has 3 aromatic rings. The maximum atomic E-state index is 14.2. The van der Waals surface area contributed by atoms with Gasteiger partial charge in [-0.3, -0.25) is 14.0 Å². The quantitative estimate of drug-likeness (QED) is 0.664. The highest BCUT2D eigenvalue weighted by atomic mass is 19.1. The highest BCUT2D eigenvalue weighted by Crippen LogP contribution is 2.35. The molecule has 0 amide bonds. The number of hydrogen-bond acceptors (Lipinski definition) is 7. The van der Waals surface area contributed by atoms with Crippen molar-refractivity contribution >= 4 is 0 Å². The van der Waals surface area contributed by atoms with Gasteiger partial charge in [-0.1, -0.05) is 5.16 Å². The molecule has 1 fully saturated rings. The first kappa shape index (κ1) is 20.0. The van der Waals surface area contributed by atoms with Crippen molar-refractivity contribution in [3.8, 4) is 11.6 Å². The Hall–Kier alpha value is -2.89. The van der Waals surface area contributed by atoms with Crippen LogP contribution >= 0.6 is 0 Å². The summed E-state index contributed by atoms with van der Waals surface area (Å²) < 4.78 is 41.6. The summed E-state index contributed by atoms with van der Waals surface area (Å²) in [6.07, 6.45) is -0.102. The summed E-state index contributed by atoms with van der Waals surface area (Å²) in [6, 6.07) is 2.88. The van der Waals surface area contributed by atoms with Crippen LogP contribution in [0.1, 0.15) is 29.5 Å². The summed E-state index contributed by atoms with van der Waals surface area (Å²) >= 11 is 0. The van der Waals surface area contributed by atoms with Crippen molar-refractivity contribution in [2.24, 2.45) is 19.8 Å². The van der Waals surface area contributed by atoms with Crippen molar-refractivity contribution in [3.63, 3.8) is 0 Å². The van der Waals surface area contributed by atoms with E-state index in [1.54, 1.807) is 7.05 Å². The maximum Gasteiger partial charge on any atom is 0.441 e. The SMILES string of the molecule is Cn1c(-c2noc(=O)n2C)nc2c1CN([C@H]1CO[C@H](c3cc(F)ccc3F)[C@@H](N)C1)C2. The van der Waals surface area contributed by atoms with E-state index in [4.69, 9.17) is 15.0 Å². The van der Waals surface area contributed by atoms with Crippen molar-refractivity contribution < 1.29 is 18.0 Å². The molecule has 0 unspecified atom stereocenters. The first-order valence-electron chi connectivity index (χ1n) is 9.97. The van der Waals surface area contributed by atoms with Gasteiger partial charge in [0, 0.05) is 44.8 Å². The smallest absolute Gasteiger partial charge is 0.370 e. The molecule has 2 N–H and O–H groups in total. The van der Waals surface area contributed by atoms with Gasteiger partial charge in [0.1, 0.15) is 17.7 Å². The Morgan fingerprint density at radius 3 is 2.65 bits per heavy atom. The van der Waals surface area contributed by atoms with Crippen molar-refractivity contribution in [1.29, 1.82) is 0 Å². The predicted molar refractivity (Wildman–Crippen MR) is 105 cm³/mol. The van der Waals surface area contributed by atoms with Crippen LogP contribution in [0, 0.1) is 11.6 Å². The van der Waals surface area contributed by atoms with Gasteiger partial charge >= 0.3 is 5.76 Å². The van der Waals surface area contributed by atoms with E-state index >= 15 is 0 Å². The molecular formula is C20H22F2N6O3. The fourth-order valence-corrected chi connectivity index (χ4v) is 4.45. The monoisotopic (exact) mass is 432 g/mol. The van der Waals surface area contributed by atoms with Gasteiger partial charge in [-0.15, -0.1) is 0 Å². The molecule has 3 atom stereocenters. The molecule has 0 spiro atoms. The third-order valence-corrected chi connectivity index (χ3v) is 6.19. The van der Waals surface area contributed by atoms with E-state index in [9.17, 15) is 13.6 Å². The second-order valence-electron chi connectivity index (χ2n) is 8.10. The van der Waals surface area contributed by atoms with Crippen molar-refractivity contribution in [2.75, 3.05) is 6.61 Å². The van der Waals surface area contributed by atoms with E-state index in [2.05, 4.69) is 15.0 Å². The Bertz CT molecular complexity index is 1200. The molecule has 0 bridgehead atoms. The summed E-state index contributed by atoms with van der Waals surface area (Å²) in [7, 11) is 3.45. The summed E-state index contributed by atoms with van der Waals surface area (Å²) in [5.41, 5.74) is 8.36. The molecule has 9 nitrogen and oxygen atoms in total. The third kappa shape index (κ3) is 3.29. The molecule has 0 aliphatic carbocycles. The average molecular weight is 432 g/mol. The topological polar surface area (TPSA) is 104 Å². The zero-order valence-corrected chi connectivity index (χ0v) is 17.1. The van der Waals surface area contributed by atoms with Gasteiger partial charge in [-0.05, 0) is 24.6 Å². The van der Waals surface area contributed by atoms with Crippen LogP contribution in [-0.2, 0) is 31.9 Å². The standard InChI is InChI=1S/C20H22F2N6O3/c1-26-16-8-28(7-15(16)24-18(26)19-25-31-20(29)27(19)2)11-6-14(23)17(30-9-11)12-5-10(21)3-4-13(12)22/h3-5,11,14,17H,6-9,23H2,1-2H3/t11-,14+,17-/m1/s1. The predicted octanol–water partition coefficient (Wildman–Crippen LogP) is 1.23. The summed E-state index contributed by atoms with van der Waals surface area (Å²) in [4.78, 5) is 18.4. The molecule has 0 saturated carbocycles. The Morgan fingerprint density at radius 1 is 1.16 bits per heavy atom. The number of rotatable bonds is 3. The minimum absolute atomic E-state index is 0.0249. The lowest BCUT2D eigenvalue weighted by molar-refractivity contribution is -0.0534. The molecule has 164 valence electrons. The second kappa shape index (κ2) is 7.36. The van der Waals surface area contributed by atoms with Crippen LogP contribution in [0.4, 0.5) is 8.78 Å². The molecular weight excluding hydrogens is 410 g/mol. The minimum Gasteiger partial charge on any atom is -0.370 e. The average Bonchev–Trinajstić information content (AvgIpc) is 3.39. The fourth-order valence-electron chi connectivity index (χ4n) is 4.45. The van der Waals surface area contributed by atoms with E-state index in [1.165, 1.54) is 4.57 Å². The van der Waals surface area contributed by atoms with Crippen LogP contribution in [-0.4, -0.2) is 42.9 Å². The van der Waals surface area contributed by atoms with Crippen LogP contribution in [0.25, 0.3) is 11.6 Å². The fraction of sp³-hybridized carbons (Fsp3) is 0.450. The molecule has 1 aromatic carbocycles. The molecule has 2 aliphatic rings. The number of benzene rings is 1. The molecule has 2 aliphatic heterocycles. The Balaban J connectivity index is 1.31. The van der Waals surface area contributed by atoms with E-state index in [1.807, 2.05) is 11.6 Å². The van der Waals surface area contributed by atoms with Crippen molar-refractivity contribution in [1.82, 2.24) is 24.2 Å². The van der Waals surface area contributed by atoms with Gasteiger partial charge in [0.25, 0.3) is 0 Å². The number of imidazole rings is 1. The normalized spacial score (nSPS) is 24.0. The molecule has 1 saturated heterocycles. The van der Waals surface area contributed by atoms with Crippen molar-refractivity contribution in [2.45, 2.75) is 37.7 Å². The van der Waals surface area contributed by atoms with Gasteiger partial charge < -0.3 is 15.0 Å². The zero-order valence-electron chi connectivity index (χ0n) is 17.1. The van der Waals surface area contributed by atoms with E-state index in [-0.39, 0.29) is 11.6 Å². The molecule has 11 heteroatoms. The lowest BCUT2D eigenvalue weighted by atomic mass is 9.93. The minimum atomic E-state index is -0.685. The van der Waals surface area contributed by atoms with Gasteiger partial charge in [0.05, 0.1) is 18.0 Å². The maximum absolute atomic E-state index is 14.2. The summed E-state index contributed by atoms with van der Waals surface area (Å²) in [6.45, 7) is 1.58. The number of nitrogens with two attached hydrogens (primary N) is 1. The van der Waals surface area contributed by atoms with E-state index in [0.717, 1.165) is 29.6 Å². The lowest BCUT2D eigenvalue weighted by Crippen LogP contribution is -2.47. The van der Waals surface area contributed by atoms with Gasteiger partial charge in [0.15, 0.2) is 5.82 Å². The number of ether oxygens (including phenoxy) is 1. The van der Waals surface area contributed by atoms with Gasteiger partial charge in [0.2, 0.25) is 5.82 Å². The van der Waals surface area contributed by atoms with Crippen LogP contribution in [0.3, 0.4) is 0 Å². The third-order valence-electron chi connectivity index (χ3n) is 6.19. The molecule has 31 heavy (non-hydrogen) atoms. The lowest BCUT2D eigenvalue weighted by Gasteiger charge is -2.38. The van der Waals surface area contributed by atoms with Crippen LogP contribution in [0.15, 0.2) is 27.5 Å². The first-order valence-corrected chi connectivity index (χ1v) is 9.97. The van der Waals surface area contributed by atoms with E-state index < -0.39 is 29.5 Å². The Morgan fingerprint density at radius 2 is 1.97 bits per heavy atom. The number of fused-ring (bicyclic) bond motifs is 1. The molecule has 4 heterocycles. The van der Waals surface area contributed by atoms with Crippen LogP contribution in [0.2, 0.25) is 0 Å². The highest BCUT2D eigenvalue weighted by Gasteiger charge is 2.38. The number of halogens is 2. The van der Waals surface area contributed by atoms with Gasteiger partial charge in [-0.25, -0.2) is 18.6 Å². The number of nitrogens with zero attached hydrogens (tertiary/aromatic N) is 5. The summed E-state index contributed by atoms with van der Waals surface area (Å²) in [5, 5.41) is 3.81.